The van der Waals surface area contributed by atoms with Crippen LogP contribution in [0.4, 0.5) is 41.4 Å². The zero-order chi connectivity index (χ0) is 29.1. The summed E-state index contributed by atoms with van der Waals surface area (Å²) >= 11 is 0.910. The van der Waals surface area contributed by atoms with E-state index in [-0.39, 0.29) is 53.5 Å². The number of carbonyl (C=O) groups is 1. The highest BCUT2D eigenvalue weighted by atomic mass is 32.1. The standard InChI is InChI=1S/C24H25F7N6O2S/c1-13-20(22(40-36-13)35-19-10-32-18(9-33-19)24(29,30)31)21(38)34-15-2-3-16(25)17(8-15)39-11-14-4-6-37(7-5-14)12-23(26,27)28/h2-3,8,10,14,18H,4-7,9,11-12H2,1H3,(H,33,35)(H,34,38). The molecular weight excluding hydrogens is 569 g/mol. The van der Waals surface area contributed by atoms with E-state index in [1.807, 2.05) is 0 Å². The molecule has 1 amide bonds. The molecule has 0 saturated carbocycles. The van der Waals surface area contributed by atoms with Crippen molar-refractivity contribution < 1.29 is 40.3 Å². The Hall–Kier alpha value is -3.27. The number of anilines is 2. The molecule has 218 valence electrons. The third kappa shape index (κ3) is 7.90. The van der Waals surface area contributed by atoms with Crippen molar-refractivity contribution in [3.8, 4) is 5.75 Å². The number of rotatable bonds is 7. The minimum Gasteiger partial charge on any atom is -0.490 e. The van der Waals surface area contributed by atoms with Gasteiger partial charge in [0, 0.05) is 11.8 Å². The summed E-state index contributed by atoms with van der Waals surface area (Å²) in [6.07, 6.45) is -6.88. The number of amides is 1. The van der Waals surface area contributed by atoms with Crippen LogP contribution in [-0.2, 0) is 0 Å². The molecule has 3 heterocycles. The van der Waals surface area contributed by atoms with Crippen molar-refractivity contribution in [1.82, 2.24) is 9.27 Å². The fourth-order valence-corrected chi connectivity index (χ4v) is 4.99. The Balaban J connectivity index is 1.35. The number of likely N-dealkylation sites (tertiary alicyclic amines) is 1. The van der Waals surface area contributed by atoms with Crippen LogP contribution in [0.25, 0.3) is 0 Å². The van der Waals surface area contributed by atoms with Crippen LogP contribution in [0, 0.1) is 18.7 Å². The zero-order valence-corrected chi connectivity index (χ0v) is 21.9. The molecule has 2 aliphatic heterocycles. The molecule has 2 aliphatic rings. The lowest BCUT2D eigenvalue weighted by atomic mass is 9.98. The Kier molecular flexibility index (Phi) is 8.97. The SMILES string of the molecule is Cc1nsc(NC2=NCC(C(F)(F)F)N=C2)c1C(=O)Nc1ccc(F)c(OCC2CCN(CC(F)(F)F)CC2)c1. The number of alkyl halides is 6. The van der Waals surface area contributed by atoms with Gasteiger partial charge in [-0.3, -0.25) is 19.7 Å². The first-order chi connectivity index (χ1) is 18.8. The maximum absolute atomic E-state index is 14.4. The summed E-state index contributed by atoms with van der Waals surface area (Å²) in [6.45, 7) is 0.649. The fraction of sp³-hybridized carbons (Fsp3) is 0.500. The molecule has 1 unspecified atom stereocenters. The highest BCUT2D eigenvalue weighted by Gasteiger charge is 2.40. The van der Waals surface area contributed by atoms with Crippen molar-refractivity contribution in [1.29, 1.82) is 0 Å². The van der Waals surface area contributed by atoms with Gasteiger partial charge >= 0.3 is 12.4 Å². The van der Waals surface area contributed by atoms with Crippen molar-refractivity contribution >= 4 is 40.2 Å². The number of carbonyl (C=O) groups excluding carboxylic acids is 1. The Morgan fingerprint density at radius 3 is 2.52 bits per heavy atom. The van der Waals surface area contributed by atoms with E-state index < -0.39 is 43.2 Å². The van der Waals surface area contributed by atoms with Gasteiger partial charge in [0.1, 0.15) is 10.8 Å². The van der Waals surface area contributed by atoms with Gasteiger partial charge in [-0.15, -0.1) is 0 Å². The smallest absolute Gasteiger partial charge is 0.412 e. The van der Waals surface area contributed by atoms with Crippen LogP contribution in [0.15, 0.2) is 28.2 Å². The van der Waals surface area contributed by atoms with Gasteiger partial charge in [0.2, 0.25) is 0 Å². The van der Waals surface area contributed by atoms with Gasteiger partial charge in [-0.2, -0.15) is 30.7 Å². The topological polar surface area (TPSA) is 91.2 Å². The first kappa shape index (κ1) is 29.7. The molecule has 1 fully saturated rings. The Morgan fingerprint density at radius 1 is 1.18 bits per heavy atom. The summed E-state index contributed by atoms with van der Waals surface area (Å²) in [7, 11) is 0. The number of nitrogens with zero attached hydrogens (tertiary/aromatic N) is 4. The molecule has 40 heavy (non-hydrogen) atoms. The van der Waals surface area contributed by atoms with Gasteiger partial charge in [-0.1, -0.05) is 0 Å². The van der Waals surface area contributed by atoms with Gasteiger partial charge in [-0.05, 0) is 62.4 Å². The summed E-state index contributed by atoms with van der Waals surface area (Å²) in [5.74, 6) is -1.41. The van der Waals surface area contributed by atoms with E-state index in [4.69, 9.17) is 4.74 Å². The molecule has 2 N–H and O–H groups in total. The van der Waals surface area contributed by atoms with E-state index in [0.717, 1.165) is 23.8 Å². The molecular formula is C24H25F7N6O2S. The maximum Gasteiger partial charge on any atom is 0.412 e. The maximum atomic E-state index is 14.4. The molecule has 8 nitrogen and oxygen atoms in total. The average Bonchev–Trinajstić information content (AvgIpc) is 3.24. The first-order valence-electron chi connectivity index (χ1n) is 12.2. The lowest BCUT2D eigenvalue weighted by Crippen LogP contribution is -2.41. The number of benzene rings is 1. The van der Waals surface area contributed by atoms with Crippen LogP contribution < -0.4 is 15.4 Å². The molecule has 0 spiro atoms. The normalized spacial score (nSPS) is 18.9. The van der Waals surface area contributed by atoms with Crippen molar-refractivity contribution in [3.05, 3.63) is 35.3 Å². The van der Waals surface area contributed by atoms with Crippen LogP contribution in [0.5, 0.6) is 5.75 Å². The molecule has 0 radical (unpaired) electrons. The number of aryl methyl sites for hydroxylation is 1. The second-order valence-electron chi connectivity index (χ2n) is 9.40. The third-order valence-corrected chi connectivity index (χ3v) is 7.15. The number of ether oxygens (including phenoxy) is 1. The van der Waals surface area contributed by atoms with Crippen LogP contribution in [0.2, 0.25) is 0 Å². The quantitative estimate of drug-likeness (QED) is 0.424. The zero-order valence-electron chi connectivity index (χ0n) is 21.1. The predicted molar refractivity (Wildman–Crippen MR) is 136 cm³/mol. The molecule has 2 aromatic rings. The third-order valence-electron chi connectivity index (χ3n) is 6.29. The highest BCUT2D eigenvalue weighted by Crippen LogP contribution is 2.30. The van der Waals surface area contributed by atoms with Crippen LogP contribution in [0.3, 0.4) is 0 Å². The van der Waals surface area contributed by atoms with Crippen LogP contribution in [-0.4, -0.2) is 78.4 Å². The lowest BCUT2D eigenvalue weighted by Gasteiger charge is -2.32. The lowest BCUT2D eigenvalue weighted by molar-refractivity contribution is -0.149. The number of halogens is 7. The average molecular weight is 595 g/mol. The number of piperidine rings is 1. The summed E-state index contributed by atoms with van der Waals surface area (Å²) in [6, 6.07) is 1.80. The van der Waals surface area contributed by atoms with E-state index in [2.05, 4.69) is 25.0 Å². The Morgan fingerprint density at radius 2 is 1.90 bits per heavy atom. The predicted octanol–water partition coefficient (Wildman–Crippen LogP) is 5.32. The van der Waals surface area contributed by atoms with Crippen LogP contribution >= 0.6 is 11.5 Å². The molecule has 1 aromatic heterocycles. The summed E-state index contributed by atoms with van der Waals surface area (Å²) < 4.78 is 100. The second kappa shape index (κ2) is 12.1. The molecule has 1 aromatic carbocycles. The number of aromatic nitrogens is 1. The molecule has 1 atom stereocenters. The van der Waals surface area contributed by atoms with Crippen molar-refractivity contribution in [3.63, 3.8) is 0 Å². The molecule has 4 rings (SSSR count). The molecule has 16 heteroatoms. The molecule has 0 bridgehead atoms. The van der Waals surface area contributed by atoms with Gasteiger partial charge in [-0.25, -0.2) is 4.39 Å². The van der Waals surface area contributed by atoms with Gasteiger partial charge in [0.05, 0.1) is 37.2 Å². The van der Waals surface area contributed by atoms with E-state index in [9.17, 15) is 35.5 Å². The van der Waals surface area contributed by atoms with Crippen molar-refractivity contribution in [2.75, 3.05) is 43.4 Å². The summed E-state index contributed by atoms with van der Waals surface area (Å²) in [5.41, 5.74) is 0.681. The number of amidine groups is 1. The van der Waals surface area contributed by atoms with E-state index in [1.54, 1.807) is 6.92 Å². The largest absolute Gasteiger partial charge is 0.490 e. The second-order valence-corrected chi connectivity index (χ2v) is 10.2. The first-order valence-corrected chi connectivity index (χ1v) is 13.0. The van der Waals surface area contributed by atoms with Gasteiger partial charge in [0.25, 0.3) is 5.91 Å². The Bertz CT molecular complexity index is 1270. The summed E-state index contributed by atoms with van der Waals surface area (Å²) in [5, 5.41) is 5.65. The van der Waals surface area contributed by atoms with Crippen LogP contribution in [0.1, 0.15) is 28.9 Å². The monoisotopic (exact) mass is 594 g/mol. The van der Waals surface area contributed by atoms with Gasteiger partial charge in [0.15, 0.2) is 17.6 Å². The molecule has 0 aliphatic carbocycles. The number of aliphatic imine (C=N–C) groups is 2. The summed E-state index contributed by atoms with van der Waals surface area (Å²) in [4.78, 5) is 21.7. The van der Waals surface area contributed by atoms with Crippen molar-refractivity contribution in [2.45, 2.75) is 38.2 Å². The Labute approximate surface area is 228 Å². The van der Waals surface area contributed by atoms with E-state index >= 15 is 0 Å². The number of hydrogen-bond donors (Lipinski definition) is 2. The van der Waals surface area contributed by atoms with Crippen molar-refractivity contribution in [2.24, 2.45) is 15.9 Å². The highest BCUT2D eigenvalue weighted by molar-refractivity contribution is 7.11. The number of nitrogens with one attached hydrogen (secondary N) is 2. The number of hydrogen-bond acceptors (Lipinski definition) is 8. The fourth-order valence-electron chi connectivity index (χ4n) is 4.19. The van der Waals surface area contributed by atoms with Gasteiger partial charge < -0.3 is 15.4 Å². The minimum atomic E-state index is -4.51. The van der Waals surface area contributed by atoms with E-state index in [0.29, 0.717) is 18.5 Å². The van der Waals surface area contributed by atoms with E-state index in [1.165, 1.54) is 17.0 Å². The minimum absolute atomic E-state index is 0.0416. The molecule has 1 saturated heterocycles.